The molecule has 0 fully saturated rings. The van der Waals surface area contributed by atoms with Gasteiger partial charge < -0.3 is 10.6 Å². The average Bonchev–Trinajstić information content (AvgIpc) is 2.28. The maximum absolute atomic E-state index is 11.4. The summed E-state index contributed by atoms with van der Waals surface area (Å²) >= 11 is 0. The Morgan fingerprint density at radius 1 is 1.35 bits per heavy atom. The number of carbonyl (C=O) groups excluding carboxylic acids is 1. The molecule has 0 saturated heterocycles. The Labute approximate surface area is 102 Å². The van der Waals surface area contributed by atoms with Gasteiger partial charge in [-0.15, -0.1) is 0 Å². The molecule has 1 rings (SSSR count). The van der Waals surface area contributed by atoms with Gasteiger partial charge in [-0.2, -0.15) is 5.26 Å². The Morgan fingerprint density at radius 3 is 2.53 bits per heavy atom. The number of nitriles is 1. The molecule has 4 nitrogen and oxygen atoms in total. The van der Waals surface area contributed by atoms with Crippen LogP contribution in [0.5, 0.6) is 0 Å². The number of hydrogen-bond acceptors (Lipinski definition) is 3. The highest BCUT2D eigenvalue weighted by atomic mass is 16.1. The predicted octanol–water partition coefficient (Wildman–Crippen LogP) is 1.69. The summed E-state index contributed by atoms with van der Waals surface area (Å²) in [4.78, 5) is 11.4. The molecule has 1 aromatic carbocycles. The second-order valence-electron chi connectivity index (χ2n) is 4.11. The second kappa shape index (κ2) is 6.54. The van der Waals surface area contributed by atoms with Crippen LogP contribution in [0.15, 0.2) is 24.3 Å². The van der Waals surface area contributed by atoms with Crippen molar-refractivity contribution in [3.05, 3.63) is 29.8 Å². The molecule has 0 aliphatic carbocycles. The lowest BCUT2D eigenvalue weighted by Gasteiger charge is -2.10. The smallest absolute Gasteiger partial charge is 0.239 e. The van der Waals surface area contributed by atoms with Crippen molar-refractivity contribution in [2.45, 2.75) is 26.3 Å². The normalized spacial score (nSPS) is 9.76. The minimum atomic E-state index is -0.0268. The van der Waals surface area contributed by atoms with E-state index in [4.69, 9.17) is 5.26 Å². The largest absolute Gasteiger partial charge is 0.376 e. The summed E-state index contributed by atoms with van der Waals surface area (Å²) in [6.07, 6.45) is 0.411. The van der Waals surface area contributed by atoms with Gasteiger partial charge in [-0.05, 0) is 31.5 Å². The molecule has 1 aromatic rings. The summed E-state index contributed by atoms with van der Waals surface area (Å²) < 4.78 is 0. The van der Waals surface area contributed by atoms with Crippen molar-refractivity contribution in [2.24, 2.45) is 0 Å². The summed E-state index contributed by atoms with van der Waals surface area (Å²) in [5.41, 5.74) is 1.86. The van der Waals surface area contributed by atoms with Gasteiger partial charge in [-0.25, -0.2) is 0 Å². The molecule has 0 bridgehead atoms. The minimum Gasteiger partial charge on any atom is -0.376 e. The number of amides is 1. The van der Waals surface area contributed by atoms with Crippen LogP contribution in [0.4, 0.5) is 5.69 Å². The van der Waals surface area contributed by atoms with E-state index in [0.717, 1.165) is 11.3 Å². The zero-order chi connectivity index (χ0) is 12.7. The van der Waals surface area contributed by atoms with Crippen molar-refractivity contribution in [1.82, 2.24) is 5.32 Å². The quantitative estimate of drug-likeness (QED) is 0.810. The van der Waals surface area contributed by atoms with Gasteiger partial charge in [-0.3, -0.25) is 4.79 Å². The third-order valence-electron chi connectivity index (χ3n) is 2.14. The van der Waals surface area contributed by atoms with Crippen LogP contribution >= 0.6 is 0 Å². The van der Waals surface area contributed by atoms with Crippen molar-refractivity contribution in [2.75, 3.05) is 11.9 Å². The van der Waals surface area contributed by atoms with Gasteiger partial charge in [0.15, 0.2) is 0 Å². The fraction of sp³-hybridized carbons (Fsp3) is 0.385. The molecule has 0 spiro atoms. The first-order chi connectivity index (χ1) is 8.11. The zero-order valence-corrected chi connectivity index (χ0v) is 10.2. The maximum Gasteiger partial charge on any atom is 0.239 e. The van der Waals surface area contributed by atoms with Crippen LogP contribution in [-0.2, 0) is 11.2 Å². The van der Waals surface area contributed by atoms with E-state index in [1.165, 1.54) is 0 Å². The zero-order valence-electron chi connectivity index (χ0n) is 10.2. The van der Waals surface area contributed by atoms with Crippen LogP contribution in [0.25, 0.3) is 0 Å². The molecule has 4 heteroatoms. The highest BCUT2D eigenvalue weighted by Gasteiger charge is 2.02. The molecule has 90 valence electrons. The standard InChI is InChI=1S/C13H17N3O/c1-10(2)16-13(17)9-15-12-5-3-11(4-6-12)7-8-14/h3-6,10,15H,7,9H2,1-2H3,(H,16,17). The third-order valence-corrected chi connectivity index (χ3v) is 2.14. The molecule has 0 radical (unpaired) electrons. The molecule has 0 heterocycles. The van der Waals surface area contributed by atoms with Crippen molar-refractivity contribution in [1.29, 1.82) is 5.26 Å². The third kappa shape index (κ3) is 5.03. The monoisotopic (exact) mass is 231 g/mol. The molecular weight excluding hydrogens is 214 g/mol. The van der Waals surface area contributed by atoms with Crippen LogP contribution < -0.4 is 10.6 Å². The van der Waals surface area contributed by atoms with E-state index in [0.29, 0.717) is 6.42 Å². The number of nitrogens with one attached hydrogen (secondary N) is 2. The minimum absolute atomic E-state index is 0.0268. The van der Waals surface area contributed by atoms with Crippen molar-refractivity contribution < 1.29 is 4.79 Å². The highest BCUT2D eigenvalue weighted by molar-refractivity contribution is 5.80. The number of nitrogens with zero attached hydrogens (tertiary/aromatic N) is 1. The lowest BCUT2D eigenvalue weighted by Crippen LogP contribution is -2.34. The van der Waals surface area contributed by atoms with Gasteiger partial charge in [0, 0.05) is 11.7 Å². The van der Waals surface area contributed by atoms with Crippen LogP contribution in [0.3, 0.4) is 0 Å². The van der Waals surface area contributed by atoms with Gasteiger partial charge >= 0.3 is 0 Å². The van der Waals surface area contributed by atoms with E-state index in [1.807, 2.05) is 38.1 Å². The Morgan fingerprint density at radius 2 is 2.00 bits per heavy atom. The predicted molar refractivity (Wildman–Crippen MR) is 67.5 cm³/mol. The van der Waals surface area contributed by atoms with Crippen LogP contribution in [0, 0.1) is 11.3 Å². The Kier molecular flexibility index (Phi) is 5.02. The molecule has 0 aliphatic rings. The van der Waals surface area contributed by atoms with E-state index in [9.17, 15) is 4.79 Å². The molecular formula is C13H17N3O. The van der Waals surface area contributed by atoms with Crippen LogP contribution in [0.1, 0.15) is 19.4 Å². The fourth-order valence-electron chi connectivity index (χ4n) is 1.39. The molecule has 0 atom stereocenters. The average molecular weight is 231 g/mol. The maximum atomic E-state index is 11.4. The molecule has 2 N–H and O–H groups in total. The molecule has 0 aromatic heterocycles. The SMILES string of the molecule is CC(C)NC(=O)CNc1ccc(CC#N)cc1. The first-order valence-electron chi connectivity index (χ1n) is 5.61. The Bertz CT molecular complexity index is 404. The van der Waals surface area contributed by atoms with Crippen LogP contribution in [0.2, 0.25) is 0 Å². The fourth-order valence-corrected chi connectivity index (χ4v) is 1.39. The first kappa shape index (κ1) is 13.0. The summed E-state index contributed by atoms with van der Waals surface area (Å²) in [6, 6.07) is 9.75. The van der Waals surface area contributed by atoms with Crippen molar-refractivity contribution in [3.63, 3.8) is 0 Å². The lowest BCUT2D eigenvalue weighted by molar-refractivity contribution is -0.119. The number of carbonyl (C=O) groups is 1. The molecule has 1 amide bonds. The topological polar surface area (TPSA) is 64.9 Å². The highest BCUT2D eigenvalue weighted by Crippen LogP contribution is 2.09. The molecule has 0 saturated carbocycles. The number of hydrogen-bond donors (Lipinski definition) is 2. The molecule has 0 unspecified atom stereocenters. The first-order valence-corrected chi connectivity index (χ1v) is 5.61. The van der Waals surface area contributed by atoms with Gasteiger partial charge in [0.05, 0.1) is 19.0 Å². The van der Waals surface area contributed by atoms with E-state index in [1.54, 1.807) is 0 Å². The number of benzene rings is 1. The van der Waals surface area contributed by atoms with Crippen molar-refractivity contribution >= 4 is 11.6 Å². The van der Waals surface area contributed by atoms with E-state index >= 15 is 0 Å². The van der Waals surface area contributed by atoms with E-state index in [-0.39, 0.29) is 18.5 Å². The van der Waals surface area contributed by atoms with Gasteiger partial charge in [-0.1, -0.05) is 12.1 Å². The summed E-state index contributed by atoms with van der Waals surface area (Å²) in [6.45, 7) is 4.11. The summed E-state index contributed by atoms with van der Waals surface area (Å²) in [5.74, 6) is -0.0268. The second-order valence-corrected chi connectivity index (χ2v) is 4.11. The van der Waals surface area contributed by atoms with E-state index < -0.39 is 0 Å². The van der Waals surface area contributed by atoms with E-state index in [2.05, 4.69) is 16.7 Å². The van der Waals surface area contributed by atoms with Gasteiger partial charge in [0.2, 0.25) is 5.91 Å². The van der Waals surface area contributed by atoms with Crippen LogP contribution in [-0.4, -0.2) is 18.5 Å². The number of anilines is 1. The lowest BCUT2D eigenvalue weighted by atomic mass is 10.1. The Hall–Kier alpha value is -2.02. The number of rotatable bonds is 5. The summed E-state index contributed by atoms with van der Waals surface area (Å²) in [7, 11) is 0. The Balaban J connectivity index is 2.42. The molecule has 0 aliphatic heterocycles. The molecule has 17 heavy (non-hydrogen) atoms. The van der Waals surface area contributed by atoms with Crippen molar-refractivity contribution in [3.8, 4) is 6.07 Å². The summed E-state index contributed by atoms with van der Waals surface area (Å²) in [5, 5.41) is 14.4. The van der Waals surface area contributed by atoms with Gasteiger partial charge in [0.1, 0.15) is 0 Å². The van der Waals surface area contributed by atoms with Gasteiger partial charge in [0.25, 0.3) is 0 Å².